The lowest BCUT2D eigenvalue weighted by molar-refractivity contribution is -0.145. The van der Waals surface area contributed by atoms with Crippen molar-refractivity contribution in [1.29, 1.82) is 0 Å². The normalized spacial score (nSPS) is 38.4. The SMILES string of the molecule is CC(=O)O[C@@H]1CC2=C(C)C(=O)O[C@@H]2/C=C(\C)CC[C@@H]2O[C@]2(C)CC/C=C/1C. The molecule has 0 bridgehead atoms. The van der Waals surface area contributed by atoms with Crippen LogP contribution in [0.3, 0.4) is 0 Å². The van der Waals surface area contributed by atoms with Gasteiger partial charge in [0.2, 0.25) is 0 Å². The van der Waals surface area contributed by atoms with Crippen LogP contribution in [0, 0.1) is 0 Å². The number of fused-ring (bicyclic) bond motifs is 2. The summed E-state index contributed by atoms with van der Waals surface area (Å²) in [5, 5.41) is 0. The predicted octanol–water partition coefficient (Wildman–Crippen LogP) is 4.17. The average Bonchev–Trinajstić information content (AvgIpc) is 3.16. The lowest BCUT2D eigenvalue weighted by Crippen LogP contribution is -2.22. The van der Waals surface area contributed by atoms with Crippen LogP contribution in [-0.2, 0) is 23.8 Å². The summed E-state index contributed by atoms with van der Waals surface area (Å²) in [6, 6.07) is 0. The number of allylic oxidation sites excluding steroid dienone is 2. The number of carbonyl (C=O) groups excluding carboxylic acids is 2. The minimum atomic E-state index is -0.384. The zero-order chi connectivity index (χ0) is 19.8. The molecule has 2 heterocycles. The van der Waals surface area contributed by atoms with Gasteiger partial charge in [0.1, 0.15) is 12.2 Å². The first kappa shape index (κ1) is 19.9. The van der Waals surface area contributed by atoms with Crippen molar-refractivity contribution < 1.29 is 23.8 Å². The van der Waals surface area contributed by atoms with E-state index >= 15 is 0 Å². The predicted molar refractivity (Wildman–Crippen MR) is 102 cm³/mol. The molecule has 2 aliphatic heterocycles. The molecule has 5 heteroatoms. The van der Waals surface area contributed by atoms with Crippen LogP contribution < -0.4 is 0 Å². The average molecular weight is 374 g/mol. The van der Waals surface area contributed by atoms with Crippen LogP contribution in [0.5, 0.6) is 0 Å². The Morgan fingerprint density at radius 3 is 2.74 bits per heavy atom. The van der Waals surface area contributed by atoms with Gasteiger partial charge in [0.25, 0.3) is 0 Å². The van der Waals surface area contributed by atoms with E-state index in [1.807, 2.05) is 13.0 Å². The number of hydrogen-bond acceptors (Lipinski definition) is 5. The molecule has 0 aromatic heterocycles. The summed E-state index contributed by atoms with van der Waals surface area (Å²) >= 11 is 0. The third kappa shape index (κ3) is 4.52. The van der Waals surface area contributed by atoms with E-state index in [4.69, 9.17) is 14.2 Å². The van der Waals surface area contributed by atoms with Crippen LogP contribution in [0.25, 0.3) is 0 Å². The Kier molecular flexibility index (Phi) is 5.61. The largest absolute Gasteiger partial charge is 0.458 e. The standard InChI is InChI=1S/C22H30O5/c1-13-8-9-20-22(5,27-20)10-6-7-14(2)18(25-16(4)23)12-17-15(3)21(24)26-19(17)11-13/h7,11,18-20H,6,8-10,12H2,1-5H3/b13-11+,14-7+/t18-,19-,20+,22-/m1/s1. The second-order valence-electron chi connectivity index (χ2n) is 8.24. The maximum atomic E-state index is 12.1. The summed E-state index contributed by atoms with van der Waals surface area (Å²) in [5.74, 6) is -0.608. The van der Waals surface area contributed by atoms with Crippen LogP contribution >= 0.6 is 0 Å². The third-order valence-corrected chi connectivity index (χ3v) is 5.97. The Bertz CT molecular complexity index is 729. The third-order valence-electron chi connectivity index (χ3n) is 5.97. The Morgan fingerprint density at radius 1 is 1.30 bits per heavy atom. The van der Waals surface area contributed by atoms with Gasteiger partial charge in [0.05, 0.1) is 11.7 Å². The van der Waals surface area contributed by atoms with Crippen LogP contribution in [0.4, 0.5) is 0 Å². The molecule has 0 unspecified atom stereocenters. The molecule has 0 saturated carbocycles. The highest BCUT2D eigenvalue weighted by Gasteiger charge is 2.50. The number of ether oxygens (including phenoxy) is 3. The fourth-order valence-corrected chi connectivity index (χ4v) is 4.01. The molecular weight excluding hydrogens is 344 g/mol. The van der Waals surface area contributed by atoms with Crippen molar-refractivity contribution in [3.05, 3.63) is 34.4 Å². The molecule has 1 fully saturated rings. The van der Waals surface area contributed by atoms with Crippen molar-refractivity contribution in [3.63, 3.8) is 0 Å². The first-order valence-electron chi connectivity index (χ1n) is 9.79. The maximum absolute atomic E-state index is 12.1. The monoisotopic (exact) mass is 374 g/mol. The van der Waals surface area contributed by atoms with Crippen molar-refractivity contribution in [3.8, 4) is 0 Å². The second kappa shape index (κ2) is 7.63. The van der Waals surface area contributed by atoms with Crippen molar-refractivity contribution in [2.24, 2.45) is 0 Å². The second-order valence-corrected chi connectivity index (χ2v) is 8.24. The minimum Gasteiger partial charge on any atom is -0.458 e. The molecule has 5 nitrogen and oxygen atoms in total. The highest BCUT2D eigenvalue weighted by molar-refractivity contribution is 5.92. The highest BCUT2D eigenvalue weighted by Crippen LogP contribution is 2.44. The molecule has 148 valence electrons. The fourth-order valence-electron chi connectivity index (χ4n) is 4.01. The van der Waals surface area contributed by atoms with Gasteiger partial charge >= 0.3 is 11.9 Å². The van der Waals surface area contributed by atoms with E-state index in [9.17, 15) is 9.59 Å². The molecule has 3 aliphatic rings. The molecule has 0 aromatic rings. The van der Waals surface area contributed by atoms with Crippen LogP contribution in [0.15, 0.2) is 34.4 Å². The zero-order valence-electron chi connectivity index (χ0n) is 17.0. The van der Waals surface area contributed by atoms with Crippen molar-refractivity contribution in [2.45, 2.75) is 90.6 Å². The van der Waals surface area contributed by atoms with Gasteiger partial charge in [-0.15, -0.1) is 0 Å². The molecule has 4 atom stereocenters. The molecule has 1 saturated heterocycles. The maximum Gasteiger partial charge on any atom is 0.334 e. The van der Waals surface area contributed by atoms with Gasteiger partial charge < -0.3 is 14.2 Å². The quantitative estimate of drug-likeness (QED) is 0.391. The zero-order valence-corrected chi connectivity index (χ0v) is 17.0. The molecule has 0 spiro atoms. The number of esters is 2. The number of epoxide rings is 1. The Morgan fingerprint density at radius 2 is 2.04 bits per heavy atom. The summed E-state index contributed by atoms with van der Waals surface area (Å²) in [7, 11) is 0. The van der Waals surface area contributed by atoms with Crippen molar-refractivity contribution in [2.75, 3.05) is 0 Å². The van der Waals surface area contributed by atoms with E-state index in [1.54, 1.807) is 6.92 Å². The Labute approximate surface area is 161 Å². The van der Waals surface area contributed by atoms with Gasteiger partial charge in [-0.25, -0.2) is 4.79 Å². The lowest BCUT2D eigenvalue weighted by atomic mass is 9.91. The van der Waals surface area contributed by atoms with E-state index < -0.39 is 0 Å². The fraction of sp³-hybridized carbons (Fsp3) is 0.636. The Balaban J connectivity index is 1.91. The highest BCUT2D eigenvalue weighted by atomic mass is 16.6. The molecule has 0 amide bonds. The molecule has 0 N–H and O–H groups in total. The van der Waals surface area contributed by atoms with Crippen molar-refractivity contribution in [1.82, 2.24) is 0 Å². The van der Waals surface area contributed by atoms with Gasteiger partial charge in [-0.1, -0.05) is 11.6 Å². The van der Waals surface area contributed by atoms with Crippen LogP contribution in [0.1, 0.15) is 66.7 Å². The molecular formula is C22H30O5. The number of rotatable bonds is 1. The van der Waals surface area contributed by atoms with E-state index in [0.29, 0.717) is 12.0 Å². The van der Waals surface area contributed by atoms with Gasteiger partial charge in [0, 0.05) is 18.9 Å². The molecule has 0 aromatic carbocycles. The lowest BCUT2D eigenvalue weighted by Gasteiger charge is -2.21. The molecule has 27 heavy (non-hydrogen) atoms. The topological polar surface area (TPSA) is 65.1 Å². The first-order chi connectivity index (χ1) is 12.7. The number of hydrogen-bond donors (Lipinski definition) is 0. The van der Waals surface area contributed by atoms with Gasteiger partial charge in [-0.3, -0.25) is 4.79 Å². The van der Waals surface area contributed by atoms with E-state index in [-0.39, 0.29) is 35.9 Å². The summed E-state index contributed by atoms with van der Waals surface area (Å²) in [4.78, 5) is 23.8. The van der Waals surface area contributed by atoms with Crippen LogP contribution in [0.2, 0.25) is 0 Å². The summed E-state index contributed by atoms with van der Waals surface area (Å²) in [5.41, 5.74) is 3.66. The molecule has 3 rings (SSSR count). The smallest absolute Gasteiger partial charge is 0.334 e. The molecule has 1 aliphatic carbocycles. The summed E-state index contributed by atoms with van der Waals surface area (Å²) in [6.45, 7) is 9.42. The van der Waals surface area contributed by atoms with Crippen LogP contribution in [-0.4, -0.2) is 35.9 Å². The van der Waals surface area contributed by atoms with E-state index in [1.165, 1.54) is 12.5 Å². The van der Waals surface area contributed by atoms with Crippen molar-refractivity contribution >= 4 is 11.9 Å². The minimum absolute atomic E-state index is 0.0560. The Hall–Kier alpha value is -1.88. The van der Waals surface area contributed by atoms with E-state index in [2.05, 4.69) is 19.9 Å². The summed E-state index contributed by atoms with van der Waals surface area (Å²) < 4.78 is 17.1. The van der Waals surface area contributed by atoms with Gasteiger partial charge in [-0.2, -0.15) is 0 Å². The van der Waals surface area contributed by atoms with E-state index in [0.717, 1.165) is 36.8 Å². The summed E-state index contributed by atoms with van der Waals surface area (Å²) in [6.07, 6.45) is 7.89. The van der Waals surface area contributed by atoms with Gasteiger partial charge in [-0.05, 0) is 70.6 Å². The number of carbonyl (C=O) groups is 2. The molecule has 0 radical (unpaired) electrons. The first-order valence-corrected chi connectivity index (χ1v) is 9.79. The van der Waals surface area contributed by atoms with Gasteiger partial charge in [0.15, 0.2) is 0 Å².